The second-order valence-electron chi connectivity index (χ2n) is 4.79. The van der Waals surface area contributed by atoms with E-state index in [4.69, 9.17) is 0 Å². The lowest BCUT2D eigenvalue weighted by Crippen LogP contribution is -2.13. The molecule has 3 aromatic rings. The monoisotopic (exact) mass is 276 g/mol. The lowest BCUT2D eigenvalue weighted by molar-refractivity contribution is 0.475. The summed E-state index contributed by atoms with van der Waals surface area (Å²) in [6.07, 6.45) is 1.80. The molecule has 0 radical (unpaired) electrons. The highest BCUT2D eigenvalue weighted by atomic mass is 16.3. The molecule has 1 aromatic heterocycles. The van der Waals surface area contributed by atoms with Gasteiger partial charge in [-0.05, 0) is 42.0 Å². The third kappa shape index (κ3) is 3.20. The number of aromatic hydroxyl groups is 1. The van der Waals surface area contributed by atoms with E-state index in [1.54, 1.807) is 18.3 Å². The van der Waals surface area contributed by atoms with Crippen LogP contribution in [0.25, 0.3) is 0 Å². The molecule has 0 aliphatic heterocycles. The SMILES string of the molecule is Oc1ccc(NC(c2ccccc2)c2ccccn2)cc1. The number of phenolic OH excluding ortho intramolecular Hbond substituents is 1. The number of nitrogens with one attached hydrogen (secondary N) is 1. The second kappa shape index (κ2) is 6.09. The minimum absolute atomic E-state index is 0.0306. The average molecular weight is 276 g/mol. The van der Waals surface area contributed by atoms with E-state index >= 15 is 0 Å². The van der Waals surface area contributed by atoms with Gasteiger partial charge in [-0.2, -0.15) is 0 Å². The van der Waals surface area contributed by atoms with Crippen LogP contribution in [0.15, 0.2) is 79.0 Å². The number of phenols is 1. The quantitative estimate of drug-likeness (QED) is 0.708. The third-order valence-corrected chi connectivity index (χ3v) is 3.29. The van der Waals surface area contributed by atoms with E-state index in [-0.39, 0.29) is 11.8 Å². The highest BCUT2D eigenvalue weighted by Gasteiger charge is 2.14. The third-order valence-electron chi connectivity index (χ3n) is 3.29. The molecule has 3 heteroatoms. The van der Waals surface area contributed by atoms with Crippen LogP contribution in [-0.2, 0) is 0 Å². The number of rotatable bonds is 4. The summed E-state index contributed by atoms with van der Waals surface area (Å²) in [7, 11) is 0. The summed E-state index contributed by atoms with van der Waals surface area (Å²) < 4.78 is 0. The Morgan fingerprint density at radius 2 is 1.52 bits per heavy atom. The molecule has 0 fully saturated rings. The minimum Gasteiger partial charge on any atom is -0.508 e. The molecule has 2 aromatic carbocycles. The molecule has 0 saturated heterocycles. The van der Waals surface area contributed by atoms with Gasteiger partial charge in [-0.15, -0.1) is 0 Å². The maximum atomic E-state index is 9.38. The van der Waals surface area contributed by atoms with E-state index in [1.165, 1.54) is 0 Å². The predicted molar refractivity (Wildman–Crippen MR) is 84.3 cm³/mol. The van der Waals surface area contributed by atoms with E-state index in [9.17, 15) is 5.11 Å². The lowest BCUT2D eigenvalue weighted by Gasteiger charge is -2.20. The fourth-order valence-electron chi connectivity index (χ4n) is 2.24. The van der Waals surface area contributed by atoms with Gasteiger partial charge in [0.2, 0.25) is 0 Å². The van der Waals surface area contributed by atoms with Gasteiger partial charge >= 0.3 is 0 Å². The summed E-state index contributed by atoms with van der Waals surface area (Å²) in [4.78, 5) is 4.46. The Labute approximate surface area is 123 Å². The molecule has 21 heavy (non-hydrogen) atoms. The van der Waals surface area contributed by atoms with Crippen LogP contribution in [0, 0.1) is 0 Å². The van der Waals surface area contributed by atoms with Crippen molar-refractivity contribution in [2.75, 3.05) is 5.32 Å². The second-order valence-corrected chi connectivity index (χ2v) is 4.79. The number of pyridine rings is 1. The number of hydrogen-bond acceptors (Lipinski definition) is 3. The van der Waals surface area contributed by atoms with E-state index in [0.29, 0.717) is 0 Å². The fourth-order valence-corrected chi connectivity index (χ4v) is 2.24. The van der Waals surface area contributed by atoms with Crippen LogP contribution in [-0.4, -0.2) is 10.1 Å². The molecule has 0 spiro atoms. The number of anilines is 1. The summed E-state index contributed by atoms with van der Waals surface area (Å²) in [5.41, 5.74) is 3.04. The number of hydrogen-bond donors (Lipinski definition) is 2. The fraction of sp³-hybridized carbons (Fsp3) is 0.0556. The first-order valence-electron chi connectivity index (χ1n) is 6.84. The normalized spacial score (nSPS) is 11.8. The van der Waals surface area contributed by atoms with Crippen LogP contribution in [0.1, 0.15) is 17.3 Å². The van der Waals surface area contributed by atoms with Crippen LogP contribution in [0.4, 0.5) is 5.69 Å². The van der Waals surface area contributed by atoms with Crippen LogP contribution in [0.3, 0.4) is 0 Å². The Balaban J connectivity index is 1.95. The molecular formula is C18H16N2O. The molecule has 0 aliphatic rings. The van der Waals surface area contributed by atoms with Crippen molar-refractivity contribution in [3.63, 3.8) is 0 Å². The molecule has 3 nitrogen and oxygen atoms in total. The molecule has 1 unspecified atom stereocenters. The van der Waals surface area contributed by atoms with E-state index in [1.807, 2.05) is 48.5 Å². The summed E-state index contributed by atoms with van der Waals surface area (Å²) in [6, 6.07) is 23.1. The summed E-state index contributed by atoms with van der Waals surface area (Å²) in [5.74, 6) is 0.259. The van der Waals surface area contributed by atoms with Crippen molar-refractivity contribution < 1.29 is 5.11 Å². The Morgan fingerprint density at radius 3 is 2.19 bits per heavy atom. The van der Waals surface area contributed by atoms with E-state index in [2.05, 4.69) is 22.4 Å². The van der Waals surface area contributed by atoms with Gasteiger partial charge in [-0.25, -0.2) is 0 Å². The highest BCUT2D eigenvalue weighted by Crippen LogP contribution is 2.26. The van der Waals surface area contributed by atoms with E-state index < -0.39 is 0 Å². The van der Waals surface area contributed by atoms with Crippen molar-refractivity contribution in [3.8, 4) is 5.75 Å². The molecule has 1 heterocycles. The van der Waals surface area contributed by atoms with Crippen LogP contribution in [0.5, 0.6) is 5.75 Å². The number of nitrogens with zero attached hydrogens (tertiary/aromatic N) is 1. The summed E-state index contributed by atoms with van der Waals surface area (Å²) in [5, 5.41) is 12.8. The Bertz CT molecular complexity index is 642. The van der Waals surface area contributed by atoms with Crippen molar-refractivity contribution in [2.45, 2.75) is 6.04 Å². The van der Waals surface area contributed by atoms with Gasteiger partial charge in [0.05, 0.1) is 11.7 Å². The van der Waals surface area contributed by atoms with Gasteiger partial charge in [0, 0.05) is 11.9 Å². The Hall–Kier alpha value is -2.81. The maximum absolute atomic E-state index is 9.38. The Kier molecular flexibility index (Phi) is 3.83. The van der Waals surface area contributed by atoms with Crippen LogP contribution < -0.4 is 5.32 Å². The standard InChI is InChI=1S/C18H16N2O/c21-16-11-9-15(10-12-16)20-18(14-6-2-1-3-7-14)17-8-4-5-13-19-17/h1-13,18,20-21H. The zero-order chi connectivity index (χ0) is 14.5. The first kappa shape index (κ1) is 13.2. The van der Waals surface area contributed by atoms with Crippen molar-refractivity contribution in [2.24, 2.45) is 0 Å². The first-order chi connectivity index (χ1) is 10.3. The van der Waals surface area contributed by atoms with E-state index in [0.717, 1.165) is 16.9 Å². The van der Waals surface area contributed by atoms with Crippen molar-refractivity contribution in [1.82, 2.24) is 4.98 Å². The summed E-state index contributed by atoms with van der Waals surface area (Å²) in [6.45, 7) is 0. The molecule has 0 bridgehead atoms. The van der Waals surface area contributed by atoms with Gasteiger partial charge in [-0.1, -0.05) is 36.4 Å². The van der Waals surface area contributed by atoms with Gasteiger partial charge < -0.3 is 10.4 Å². The number of benzene rings is 2. The van der Waals surface area contributed by atoms with Crippen molar-refractivity contribution in [3.05, 3.63) is 90.3 Å². The molecule has 1 atom stereocenters. The van der Waals surface area contributed by atoms with Crippen molar-refractivity contribution >= 4 is 5.69 Å². The van der Waals surface area contributed by atoms with Gasteiger partial charge in [0.1, 0.15) is 5.75 Å². The molecule has 2 N–H and O–H groups in total. The van der Waals surface area contributed by atoms with Crippen LogP contribution >= 0.6 is 0 Å². The van der Waals surface area contributed by atoms with Gasteiger partial charge in [-0.3, -0.25) is 4.98 Å². The van der Waals surface area contributed by atoms with Gasteiger partial charge in [0.25, 0.3) is 0 Å². The summed E-state index contributed by atoms with van der Waals surface area (Å²) >= 11 is 0. The van der Waals surface area contributed by atoms with Gasteiger partial charge in [0.15, 0.2) is 0 Å². The predicted octanol–water partition coefficient (Wildman–Crippen LogP) is 3.99. The zero-order valence-corrected chi connectivity index (χ0v) is 11.5. The average Bonchev–Trinajstić information content (AvgIpc) is 2.56. The molecule has 0 aliphatic carbocycles. The molecule has 3 rings (SSSR count). The maximum Gasteiger partial charge on any atom is 0.115 e. The highest BCUT2D eigenvalue weighted by molar-refractivity contribution is 5.50. The molecule has 0 saturated carbocycles. The largest absolute Gasteiger partial charge is 0.508 e. The minimum atomic E-state index is -0.0306. The molecular weight excluding hydrogens is 260 g/mol. The Morgan fingerprint density at radius 1 is 0.810 bits per heavy atom. The van der Waals surface area contributed by atoms with Crippen LogP contribution in [0.2, 0.25) is 0 Å². The smallest absolute Gasteiger partial charge is 0.115 e. The topological polar surface area (TPSA) is 45.1 Å². The number of aromatic nitrogens is 1. The lowest BCUT2D eigenvalue weighted by atomic mass is 10.0. The molecule has 0 amide bonds. The molecule has 104 valence electrons. The first-order valence-corrected chi connectivity index (χ1v) is 6.84. The zero-order valence-electron chi connectivity index (χ0n) is 11.5. The van der Waals surface area contributed by atoms with Crippen molar-refractivity contribution in [1.29, 1.82) is 0 Å².